The summed E-state index contributed by atoms with van der Waals surface area (Å²) in [5, 5.41) is 21.6. The van der Waals surface area contributed by atoms with Gasteiger partial charge in [0.1, 0.15) is 18.5 Å². The molecule has 0 aliphatic heterocycles. The van der Waals surface area contributed by atoms with Crippen molar-refractivity contribution >= 4 is 0 Å². The van der Waals surface area contributed by atoms with Crippen molar-refractivity contribution < 1.29 is 9.84 Å². The molecule has 2 rings (SSSR count). The van der Waals surface area contributed by atoms with Crippen LogP contribution >= 0.6 is 0 Å². The Labute approximate surface area is 123 Å². The quantitative estimate of drug-likeness (QED) is 0.805. The molecule has 0 fully saturated rings. The molecule has 21 heavy (non-hydrogen) atoms. The van der Waals surface area contributed by atoms with E-state index in [9.17, 15) is 5.11 Å². The van der Waals surface area contributed by atoms with Crippen molar-refractivity contribution in [3.05, 3.63) is 59.9 Å². The number of ether oxygens (including phenoxy) is 1. The number of nitrogens with one attached hydrogen (secondary N) is 1. The molecule has 2 aromatic rings. The molecule has 5 nitrogen and oxygen atoms in total. The second-order valence-corrected chi connectivity index (χ2v) is 4.55. The summed E-state index contributed by atoms with van der Waals surface area (Å²) in [5.74, 6) is 0.637. The third kappa shape index (κ3) is 5.22. The van der Waals surface area contributed by atoms with E-state index in [4.69, 9.17) is 10.00 Å². The summed E-state index contributed by atoms with van der Waals surface area (Å²) in [4.78, 5) is 4.18. The van der Waals surface area contributed by atoms with Crippen LogP contribution in [0.4, 0.5) is 0 Å². The van der Waals surface area contributed by atoms with Crippen LogP contribution in [-0.4, -0.2) is 29.3 Å². The monoisotopic (exact) mass is 283 g/mol. The molecule has 1 aromatic carbocycles. The summed E-state index contributed by atoms with van der Waals surface area (Å²) in [7, 11) is 0. The third-order valence-electron chi connectivity index (χ3n) is 2.84. The number of hydrogen-bond acceptors (Lipinski definition) is 5. The average Bonchev–Trinajstić information content (AvgIpc) is 2.54. The van der Waals surface area contributed by atoms with Crippen LogP contribution in [0.15, 0.2) is 48.7 Å². The second-order valence-electron chi connectivity index (χ2n) is 4.55. The van der Waals surface area contributed by atoms with E-state index >= 15 is 0 Å². The highest BCUT2D eigenvalue weighted by Crippen LogP contribution is 2.11. The molecule has 0 aliphatic carbocycles. The molecule has 0 radical (unpaired) electrons. The van der Waals surface area contributed by atoms with E-state index in [0.29, 0.717) is 24.4 Å². The first kappa shape index (κ1) is 15.0. The van der Waals surface area contributed by atoms with Crippen molar-refractivity contribution in [1.82, 2.24) is 10.3 Å². The molecule has 0 amide bonds. The number of rotatable bonds is 7. The molecule has 1 aromatic heterocycles. The zero-order valence-electron chi connectivity index (χ0n) is 11.6. The molecule has 0 saturated heterocycles. The minimum atomic E-state index is -0.607. The van der Waals surface area contributed by atoms with E-state index in [1.54, 1.807) is 30.5 Å². The molecule has 0 saturated carbocycles. The first-order chi connectivity index (χ1) is 10.3. The molecular weight excluding hydrogens is 266 g/mol. The first-order valence-corrected chi connectivity index (χ1v) is 6.69. The van der Waals surface area contributed by atoms with E-state index in [0.717, 1.165) is 5.69 Å². The maximum atomic E-state index is 9.83. The minimum absolute atomic E-state index is 0.196. The normalized spacial score (nSPS) is 11.6. The molecule has 2 N–H and O–H groups in total. The number of benzene rings is 1. The number of aliphatic hydroxyl groups is 1. The Balaban J connectivity index is 1.67. The summed E-state index contributed by atoms with van der Waals surface area (Å²) in [6.45, 7) is 1.22. The lowest BCUT2D eigenvalue weighted by Crippen LogP contribution is -2.31. The van der Waals surface area contributed by atoms with E-state index in [2.05, 4.69) is 10.3 Å². The second kappa shape index (κ2) is 8.00. The maximum Gasteiger partial charge on any atom is 0.119 e. The van der Waals surface area contributed by atoms with Gasteiger partial charge in [-0.2, -0.15) is 5.26 Å². The van der Waals surface area contributed by atoms with Gasteiger partial charge >= 0.3 is 0 Å². The summed E-state index contributed by atoms with van der Waals surface area (Å²) >= 11 is 0. The van der Waals surface area contributed by atoms with Crippen LogP contribution in [-0.2, 0) is 6.54 Å². The maximum absolute atomic E-state index is 9.83. The predicted octanol–water partition coefficient (Wildman–Crippen LogP) is 1.48. The van der Waals surface area contributed by atoms with Gasteiger partial charge in [0.25, 0.3) is 0 Å². The topological polar surface area (TPSA) is 78.2 Å². The first-order valence-electron chi connectivity index (χ1n) is 6.69. The Morgan fingerprint density at radius 3 is 2.71 bits per heavy atom. The van der Waals surface area contributed by atoms with Crippen molar-refractivity contribution in [3.63, 3.8) is 0 Å². The van der Waals surface area contributed by atoms with Crippen LogP contribution in [0, 0.1) is 11.3 Å². The van der Waals surface area contributed by atoms with Crippen molar-refractivity contribution in [1.29, 1.82) is 5.26 Å². The van der Waals surface area contributed by atoms with Crippen LogP contribution in [0.2, 0.25) is 0 Å². The molecule has 108 valence electrons. The molecule has 0 bridgehead atoms. The van der Waals surface area contributed by atoms with Gasteiger partial charge in [-0.3, -0.25) is 4.98 Å². The lowest BCUT2D eigenvalue weighted by Gasteiger charge is -2.13. The Hall–Kier alpha value is -2.42. The summed E-state index contributed by atoms with van der Waals surface area (Å²) < 4.78 is 5.46. The van der Waals surface area contributed by atoms with Gasteiger partial charge in [-0.15, -0.1) is 0 Å². The van der Waals surface area contributed by atoms with E-state index in [1.165, 1.54) is 0 Å². The standard InChI is InChI=1S/C16H17N3O2/c17-9-13-4-6-16(7-5-13)21-12-15(20)11-18-10-14-3-1-2-8-19-14/h1-8,15,18,20H,10-12H2. The fourth-order valence-electron chi connectivity index (χ4n) is 1.75. The molecule has 1 unspecified atom stereocenters. The fourth-order valence-corrected chi connectivity index (χ4v) is 1.75. The zero-order valence-corrected chi connectivity index (χ0v) is 11.6. The van der Waals surface area contributed by atoms with Crippen molar-refractivity contribution in [3.8, 4) is 11.8 Å². The van der Waals surface area contributed by atoms with Crippen LogP contribution in [0.25, 0.3) is 0 Å². The molecule has 5 heteroatoms. The summed E-state index contributed by atoms with van der Waals surface area (Å²) in [6.07, 6.45) is 1.13. The van der Waals surface area contributed by atoms with Gasteiger partial charge in [-0.05, 0) is 36.4 Å². The van der Waals surface area contributed by atoms with Crippen LogP contribution in [0.1, 0.15) is 11.3 Å². The lowest BCUT2D eigenvalue weighted by molar-refractivity contribution is 0.106. The van der Waals surface area contributed by atoms with E-state index < -0.39 is 6.10 Å². The fraction of sp³-hybridized carbons (Fsp3) is 0.250. The van der Waals surface area contributed by atoms with Crippen molar-refractivity contribution in [2.45, 2.75) is 12.6 Å². The molecular formula is C16H17N3O2. The van der Waals surface area contributed by atoms with Gasteiger partial charge in [0.05, 0.1) is 17.3 Å². The predicted molar refractivity (Wildman–Crippen MR) is 78.6 cm³/mol. The zero-order chi connectivity index (χ0) is 14.9. The van der Waals surface area contributed by atoms with Gasteiger partial charge in [-0.1, -0.05) is 6.07 Å². The van der Waals surface area contributed by atoms with Gasteiger partial charge in [0.15, 0.2) is 0 Å². The summed E-state index contributed by atoms with van der Waals surface area (Å²) in [6, 6.07) is 14.5. The van der Waals surface area contributed by atoms with E-state index in [1.807, 2.05) is 24.3 Å². The Morgan fingerprint density at radius 1 is 1.24 bits per heavy atom. The highest BCUT2D eigenvalue weighted by Gasteiger charge is 2.05. The van der Waals surface area contributed by atoms with Crippen LogP contribution < -0.4 is 10.1 Å². The Kier molecular flexibility index (Phi) is 5.71. The van der Waals surface area contributed by atoms with Crippen molar-refractivity contribution in [2.75, 3.05) is 13.2 Å². The van der Waals surface area contributed by atoms with Gasteiger partial charge in [0, 0.05) is 19.3 Å². The minimum Gasteiger partial charge on any atom is -0.491 e. The van der Waals surface area contributed by atoms with Crippen LogP contribution in [0.5, 0.6) is 5.75 Å². The van der Waals surface area contributed by atoms with Gasteiger partial charge in [0.2, 0.25) is 0 Å². The largest absolute Gasteiger partial charge is 0.491 e. The number of nitriles is 1. The Bertz CT molecular complexity index is 579. The SMILES string of the molecule is N#Cc1ccc(OCC(O)CNCc2ccccn2)cc1. The van der Waals surface area contributed by atoms with Gasteiger partial charge in [-0.25, -0.2) is 0 Å². The smallest absolute Gasteiger partial charge is 0.119 e. The molecule has 0 spiro atoms. The van der Waals surface area contributed by atoms with E-state index in [-0.39, 0.29) is 6.61 Å². The molecule has 0 aliphatic rings. The number of hydrogen-bond donors (Lipinski definition) is 2. The summed E-state index contributed by atoms with van der Waals surface area (Å²) in [5.41, 5.74) is 1.51. The Morgan fingerprint density at radius 2 is 2.05 bits per heavy atom. The van der Waals surface area contributed by atoms with Crippen molar-refractivity contribution in [2.24, 2.45) is 0 Å². The highest BCUT2D eigenvalue weighted by atomic mass is 16.5. The number of nitrogens with zero attached hydrogens (tertiary/aromatic N) is 2. The lowest BCUT2D eigenvalue weighted by atomic mass is 10.2. The molecule has 1 atom stereocenters. The number of pyridine rings is 1. The van der Waals surface area contributed by atoms with Gasteiger partial charge < -0.3 is 15.2 Å². The number of aliphatic hydroxyl groups excluding tert-OH is 1. The average molecular weight is 283 g/mol. The number of aromatic nitrogens is 1. The van der Waals surface area contributed by atoms with Crippen LogP contribution in [0.3, 0.4) is 0 Å². The molecule has 1 heterocycles. The highest BCUT2D eigenvalue weighted by molar-refractivity contribution is 5.34. The third-order valence-corrected chi connectivity index (χ3v) is 2.84.